The van der Waals surface area contributed by atoms with Crippen molar-refractivity contribution in [3.05, 3.63) is 53.7 Å². The first-order chi connectivity index (χ1) is 8.81. The van der Waals surface area contributed by atoms with Crippen molar-refractivity contribution in [3.63, 3.8) is 0 Å². The molecule has 1 aliphatic rings. The zero-order valence-corrected chi connectivity index (χ0v) is 10.2. The predicted molar refractivity (Wildman–Crippen MR) is 71.5 cm³/mol. The first-order valence-electron chi connectivity index (χ1n) is 6.26. The van der Waals surface area contributed by atoms with Crippen LogP contribution >= 0.6 is 0 Å². The molecule has 0 radical (unpaired) electrons. The minimum Gasteiger partial charge on any atom is -0.490 e. The minimum absolute atomic E-state index is 0.434. The topological polar surface area (TPSA) is 48.1 Å². The Morgan fingerprint density at radius 3 is 2.89 bits per heavy atom. The Morgan fingerprint density at radius 2 is 2.11 bits per heavy atom. The first kappa shape index (κ1) is 11.1. The lowest BCUT2D eigenvalue weighted by molar-refractivity contribution is 0.303. The molecule has 0 spiro atoms. The van der Waals surface area contributed by atoms with Crippen LogP contribution in [0.4, 0.5) is 5.82 Å². The fraction of sp³-hybridized carbons (Fsp3) is 0.267. The van der Waals surface area contributed by atoms with Crippen molar-refractivity contribution in [2.75, 3.05) is 5.73 Å². The van der Waals surface area contributed by atoms with E-state index >= 15 is 0 Å². The molecule has 0 unspecified atom stereocenters. The van der Waals surface area contributed by atoms with Crippen LogP contribution in [-0.2, 0) is 6.42 Å². The number of pyridine rings is 1. The molecule has 3 rings (SSSR count). The maximum atomic E-state index is 5.85. The van der Waals surface area contributed by atoms with E-state index in [9.17, 15) is 0 Å². The number of rotatable bonds is 4. The number of anilines is 1. The van der Waals surface area contributed by atoms with E-state index in [-0.39, 0.29) is 0 Å². The summed E-state index contributed by atoms with van der Waals surface area (Å²) >= 11 is 0. The van der Waals surface area contributed by atoms with Gasteiger partial charge in [-0.3, -0.25) is 0 Å². The number of aromatic nitrogens is 1. The molecule has 2 aromatic rings. The lowest BCUT2D eigenvalue weighted by Gasteiger charge is -2.08. The van der Waals surface area contributed by atoms with E-state index in [2.05, 4.69) is 17.1 Å². The monoisotopic (exact) mass is 240 g/mol. The summed E-state index contributed by atoms with van der Waals surface area (Å²) in [4.78, 5) is 4.10. The highest BCUT2D eigenvalue weighted by atomic mass is 16.5. The van der Waals surface area contributed by atoms with E-state index in [0.29, 0.717) is 11.9 Å². The zero-order valence-electron chi connectivity index (χ0n) is 10.2. The Morgan fingerprint density at radius 1 is 1.22 bits per heavy atom. The molecular formula is C15H16N2O. The predicted octanol–water partition coefficient (Wildman–Crippen LogP) is 2.80. The number of nitrogens with two attached hydrogens (primary N) is 1. The Kier molecular flexibility index (Phi) is 2.89. The Balaban J connectivity index is 1.77. The van der Waals surface area contributed by atoms with E-state index in [1.807, 2.05) is 24.3 Å². The molecule has 1 aromatic carbocycles. The van der Waals surface area contributed by atoms with Gasteiger partial charge in [-0.25, -0.2) is 4.98 Å². The maximum Gasteiger partial charge on any atom is 0.126 e. The van der Waals surface area contributed by atoms with Crippen LogP contribution in [-0.4, -0.2) is 11.1 Å². The molecule has 1 saturated carbocycles. The van der Waals surface area contributed by atoms with Crippen molar-refractivity contribution in [3.8, 4) is 5.75 Å². The number of nitrogen functional groups attached to an aromatic ring is 1. The molecule has 0 saturated heterocycles. The molecule has 92 valence electrons. The average Bonchev–Trinajstić information content (AvgIpc) is 3.17. The largest absolute Gasteiger partial charge is 0.490 e. The summed E-state index contributed by atoms with van der Waals surface area (Å²) in [6.07, 6.45) is 5.30. The number of nitrogens with zero attached hydrogens (tertiary/aromatic N) is 1. The second-order valence-corrected chi connectivity index (χ2v) is 4.69. The van der Waals surface area contributed by atoms with Crippen LogP contribution in [0, 0.1) is 0 Å². The fourth-order valence-corrected chi connectivity index (χ4v) is 1.93. The third-order valence-corrected chi connectivity index (χ3v) is 3.05. The van der Waals surface area contributed by atoms with E-state index in [1.54, 1.807) is 6.20 Å². The number of ether oxygens (including phenoxy) is 1. The van der Waals surface area contributed by atoms with Crippen LogP contribution in [0.25, 0.3) is 0 Å². The van der Waals surface area contributed by atoms with Crippen LogP contribution in [0.5, 0.6) is 5.75 Å². The van der Waals surface area contributed by atoms with Crippen molar-refractivity contribution in [1.29, 1.82) is 0 Å². The molecule has 2 N–H and O–H groups in total. The van der Waals surface area contributed by atoms with Gasteiger partial charge in [0.1, 0.15) is 11.6 Å². The molecule has 18 heavy (non-hydrogen) atoms. The highest BCUT2D eigenvalue weighted by Gasteiger charge is 2.23. The summed E-state index contributed by atoms with van der Waals surface area (Å²) in [7, 11) is 0. The van der Waals surface area contributed by atoms with Gasteiger partial charge in [-0.05, 0) is 42.2 Å². The lowest BCUT2D eigenvalue weighted by Crippen LogP contribution is -1.99. The zero-order chi connectivity index (χ0) is 12.4. The van der Waals surface area contributed by atoms with Crippen molar-refractivity contribution in [2.24, 2.45) is 0 Å². The molecule has 1 fully saturated rings. The minimum atomic E-state index is 0.434. The van der Waals surface area contributed by atoms with E-state index in [1.165, 1.54) is 18.4 Å². The SMILES string of the molecule is Nc1ncccc1Cc1cccc(OC2CC2)c1. The second kappa shape index (κ2) is 4.69. The van der Waals surface area contributed by atoms with Crippen LogP contribution in [0.2, 0.25) is 0 Å². The van der Waals surface area contributed by atoms with E-state index in [4.69, 9.17) is 10.5 Å². The van der Waals surface area contributed by atoms with Gasteiger partial charge in [0.25, 0.3) is 0 Å². The van der Waals surface area contributed by atoms with Gasteiger partial charge in [-0.15, -0.1) is 0 Å². The fourth-order valence-electron chi connectivity index (χ4n) is 1.93. The summed E-state index contributed by atoms with van der Waals surface area (Å²) in [5, 5.41) is 0. The standard InChI is InChI=1S/C15H16N2O/c16-15-12(4-2-8-17-15)9-11-3-1-5-14(10-11)18-13-6-7-13/h1-5,8,10,13H,6-7,9H2,(H2,16,17). The smallest absolute Gasteiger partial charge is 0.126 e. The summed E-state index contributed by atoms with van der Waals surface area (Å²) in [5.74, 6) is 1.56. The lowest BCUT2D eigenvalue weighted by atomic mass is 10.1. The third-order valence-electron chi connectivity index (χ3n) is 3.05. The normalized spacial score (nSPS) is 14.4. The molecule has 0 aliphatic heterocycles. The van der Waals surface area contributed by atoms with Gasteiger partial charge in [-0.2, -0.15) is 0 Å². The molecule has 0 atom stereocenters. The third kappa shape index (κ3) is 2.62. The summed E-state index contributed by atoms with van der Waals surface area (Å²) in [6, 6.07) is 12.1. The van der Waals surface area contributed by atoms with Gasteiger partial charge in [0.15, 0.2) is 0 Å². The number of hydrogen-bond donors (Lipinski definition) is 1. The van der Waals surface area contributed by atoms with Gasteiger partial charge in [0, 0.05) is 12.6 Å². The molecule has 3 heteroatoms. The molecule has 3 nitrogen and oxygen atoms in total. The van der Waals surface area contributed by atoms with E-state index in [0.717, 1.165) is 17.7 Å². The first-order valence-corrected chi connectivity index (χ1v) is 6.26. The highest BCUT2D eigenvalue weighted by Crippen LogP contribution is 2.27. The summed E-state index contributed by atoms with van der Waals surface area (Å²) in [6.45, 7) is 0. The van der Waals surface area contributed by atoms with Gasteiger partial charge in [0.2, 0.25) is 0 Å². The highest BCUT2D eigenvalue weighted by molar-refractivity contribution is 5.43. The average molecular weight is 240 g/mol. The Bertz CT molecular complexity index is 550. The maximum absolute atomic E-state index is 5.85. The molecular weight excluding hydrogens is 224 g/mol. The van der Waals surface area contributed by atoms with Crippen LogP contribution in [0.15, 0.2) is 42.6 Å². The van der Waals surface area contributed by atoms with Gasteiger partial charge in [-0.1, -0.05) is 18.2 Å². The molecule has 0 bridgehead atoms. The van der Waals surface area contributed by atoms with Crippen LogP contribution in [0.1, 0.15) is 24.0 Å². The van der Waals surface area contributed by atoms with E-state index < -0.39 is 0 Å². The number of benzene rings is 1. The quantitative estimate of drug-likeness (QED) is 0.894. The van der Waals surface area contributed by atoms with Gasteiger partial charge in [0.05, 0.1) is 6.10 Å². The Hall–Kier alpha value is -2.03. The van der Waals surface area contributed by atoms with Crippen LogP contribution < -0.4 is 10.5 Å². The summed E-state index contributed by atoms with van der Waals surface area (Å²) < 4.78 is 5.79. The van der Waals surface area contributed by atoms with Crippen LogP contribution in [0.3, 0.4) is 0 Å². The van der Waals surface area contributed by atoms with Crippen molar-refractivity contribution < 1.29 is 4.74 Å². The summed E-state index contributed by atoms with van der Waals surface area (Å²) in [5.41, 5.74) is 8.11. The number of hydrogen-bond acceptors (Lipinski definition) is 3. The molecule has 0 amide bonds. The van der Waals surface area contributed by atoms with Crippen molar-refractivity contribution in [1.82, 2.24) is 4.98 Å². The van der Waals surface area contributed by atoms with Crippen molar-refractivity contribution >= 4 is 5.82 Å². The molecule has 1 heterocycles. The van der Waals surface area contributed by atoms with Gasteiger partial charge >= 0.3 is 0 Å². The van der Waals surface area contributed by atoms with Crippen molar-refractivity contribution in [2.45, 2.75) is 25.4 Å². The van der Waals surface area contributed by atoms with Gasteiger partial charge < -0.3 is 10.5 Å². The molecule has 1 aromatic heterocycles. The second-order valence-electron chi connectivity index (χ2n) is 4.69. The Labute approximate surface area is 107 Å². The molecule has 1 aliphatic carbocycles.